The quantitative estimate of drug-likeness (QED) is 0.116. The van der Waals surface area contributed by atoms with Gasteiger partial charge in [-0.25, -0.2) is 18.5 Å². The number of aromatic nitrogens is 8. The van der Waals surface area contributed by atoms with Crippen LogP contribution in [0.2, 0.25) is 25.7 Å². The Kier molecular flexibility index (Phi) is 7.53. The van der Waals surface area contributed by atoms with Crippen molar-refractivity contribution >= 4 is 36.1 Å². The van der Waals surface area contributed by atoms with E-state index >= 15 is 4.39 Å². The van der Waals surface area contributed by atoms with Crippen molar-refractivity contribution in [3.63, 3.8) is 0 Å². The van der Waals surface area contributed by atoms with Crippen LogP contribution in [0, 0.1) is 18.6 Å². The number of rotatable bonds is 10. The normalized spacial score (nSPS) is 16.5. The number of pyridine rings is 2. The minimum atomic E-state index is -2.54. The molecule has 1 saturated heterocycles. The van der Waals surface area contributed by atoms with Crippen LogP contribution in [0.25, 0.3) is 33.3 Å². The molecule has 1 aliphatic rings. The van der Waals surface area contributed by atoms with Crippen molar-refractivity contribution in [2.75, 3.05) is 26.9 Å². The predicted octanol–water partition coefficient (Wildman–Crippen LogP) is 5.14. The topological polar surface area (TPSA) is 124 Å². The van der Waals surface area contributed by atoms with Crippen LogP contribution in [0.5, 0.6) is 0 Å². The molecule has 1 aliphatic heterocycles. The van der Waals surface area contributed by atoms with E-state index in [4.69, 9.17) is 23.3 Å². The number of hydrogen-bond acceptors (Lipinski definition) is 9. The van der Waals surface area contributed by atoms with Gasteiger partial charge in [0, 0.05) is 57.0 Å². The smallest absolute Gasteiger partial charge is 0.360 e. The first-order chi connectivity index (χ1) is 22.8. The van der Waals surface area contributed by atoms with Gasteiger partial charge < -0.3 is 18.8 Å². The fourth-order valence-corrected chi connectivity index (χ4v) is 6.77. The Morgan fingerprint density at radius 2 is 2.04 bits per heavy atom. The SMILES string of the molecule is [2H]C([2H])([2H])c1nnn(C)c1-c1cnc2c3c(c(C(=O)OC)nn3COCC[Si](C)(C)C)n([C@H](c3ncccc3F)C3CCOCC3)c2c1. The lowest BCUT2D eigenvalue weighted by Gasteiger charge is -2.32. The lowest BCUT2D eigenvalue weighted by molar-refractivity contribution is 0.0539. The highest BCUT2D eigenvalue weighted by atomic mass is 28.3. The maximum Gasteiger partial charge on any atom is 0.360 e. The minimum absolute atomic E-state index is 0.0135. The van der Waals surface area contributed by atoms with Crippen molar-refractivity contribution in [1.82, 2.24) is 39.3 Å². The molecule has 0 amide bonds. The van der Waals surface area contributed by atoms with Crippen LogP contribution in [-0.2, 0) is 28.0 Å². The molecule has 14 heteroatoms. The molecule has 0 saturated carbocycles. The fourth-order valence-electron chi connectivity index (χ4n) is 6.01. The molecule has 0 radical (unpaired) electrons. The molecule has 6 heterocycles. The third-order valence-corrected chi connectivity index (χ3v) is 9.97. The van der Waals surface area contributed by atoms with Gasteiger partial charge in [0.1, 0.15) is 29.1 Å². The number of aryl methyl sites for hydroxylation is 2. The van der Waals surface area contributed by atoms with E-state index in [-0.39, 0.29) is 35.4 Å². The summed E-state index contributed by atoms with van der Waals surface area (Å²) in [6.45, 7) is 5.72. The lowest BCUT2D eigenvalue weighted by atomic mass is 9.88. The van der Waals surface area contributed by atoms with Gasteiger partial charge in [0.05, 0.1) is 35.8 Å². The van der Waals surface area contributed by atoms with E-state index in [1.54, 1.807) is 24.0 Å². The van der Waals surface area contributed by atoms with Gasteiger partial charge >= 0.3 is 5.97 Å². The van der Waals surface area contributed by atoms with E-state index in [9.17, 15) is 4.79 Å². The molecule has 1 fully saturated rings. The first kappa shape index (κ1) is 27.3. The average molecular weight is 638 g/mol. The molecule has 1 atom stereocenters. The van der Waals surface area contributed by atoms with Crippen LogP contribution in [0.3, 0.4) is 0 Å². The molecule has 6 rings (SSSR count). The van der Waals surface area contributed by atoms with Gasteiger partial charge in [0.15, 0.2) is 5.69 Å². The number of halogens is 1. The molecular weight excluding hydrogens is 595 g/mol. The molecule has 0 bridgehead atoms. The Morgan fingerprint density at radius 3 is 2.76 bits per heavy atom. The zero-order valence-electron chi connectivity index (χ0n) is 29.1. The van der Waals surface area contributed by atoms with Gasteiger partial charge in [-0.3, -0.25) is 9.97 Å². The number of nitrogens with zero attached hydrogens (tertiary/aromatic N) is 8. The average Bonchev–Trinajstić information content (AvgIpc) is 3.71. The molecule has 0 N–H and O–H groups in total. The Bertz CT molecular complexity index is 1960. The number of esters is 1. The van der Waals surface area contributed by atoms with Gasteiger partial charge in [-0.1, -0.05) is 24.9 Å². The van der Waals surface area contributed by atoms with Gasteiger partial charge in [0.25, 0.3) is 0 Å². The summed E-state index contributed by atoms with van der Waals surface area (Å²) in [6.07, 6.45) is 4.29. The summed E-state index contributed by atoms with van der Waals surface area (Å²) in [5, 5.41) is 12.6. The second-order valence-electron chi connectivity index (χ2n) is 12.5. The van der Waals surface area contributed by atoms with Crippen molar-refractivity contribution in [2.24, 2.45) is 13.0 Å². The molecule has 5 aromatic rings. The van der Waals surface area contributed by atoms with Crippen LogP contribution in [0.4, 0.5) is 4.39 Å². The summed E-state index contributed by atoms with van der Waals surface area (Å²) >= 11 is 0. The maximum atomic E-state index is 15.8. The number of methoxy groups -OCH3 is 1. The third kappa shape index (κ3) is 5.89. The van der Waals surface area contributed by atoms with Gasteiger partial charge in [0.2, 0.25) is 0 Å². The number of ether oxygens (including phenoxy) is 3. The second kappa shape index (κ2) is 12.4. The van der Waals surface area contributed by atoms with E-state index < -0.39 is 32.8 Å². The van der Waals surface area contributed by atoms with Crippen molar-refractivity contribution in [3.05, 3.63) is 53.5 Å². The monoisotopic (exact) mass is 637 g/mol. The van der Waals surface area contributed by atoms with Crippen LogP contribution in [0.1, 0.15) is 44.9 Å². The number of hydrogen-bond donors (Lipinski definition) is 0. The van der Waals surface area contributed by atoms with Crippen molar-refractivity contribution in [3.8, 4) is 11.3 Å². The number of fused-ring (bicyclic) bond motifs is 3. The van der Waals surface area contributed by atoms with E-state index in [2.05, 4.69) is 40.0 Å². The summed E-state index contributed by atoms with van der Waals surface area (Å²) in [5.41, 5.74) is 2.58. The molecule has 12 nitrogen and oxygen atoms in total. The van der Waals surface area contributed by atoms with Crippen LogP contribution in [-0.4, -0.2) is 80.3 Å². The predicted molar refractivity (Wildman–Crippen MR) is 169 cm³/mol. The maximum absolute atomic E-state index is 15.8. The third-order valence-electron chi connectivity index (χ3n) is 8.27. The second-order valence-corrected chi connectivity index (χ2v) is 18.1. The first-order valence-electron chi connectivity index (χ1n) is 16.5. The van der Waals surface area contributed by atoms with E-state index in [0.29, 0.717) is 60.3 Å². The van der Waals surface area contributed by atoms with Crippen molar-refractivity contribution in [2.45, 2.75) is 58.2 Å². The highest BCUT2D eigenvalue weighted by Gasteiger charge is 2.36. The molecule has 5 aromatic heterocycles. The van der Waals surface area contributed by atoms with Crippen molar-refractivity contribution < 1.29 is 27.5 Å². The van der Waals surface area contributed by atoms with Gasteiger partial charge in [-0.2, -0.15) is 5.10 Å². The Labute approximate surface area is 265 Å². The molecule has 238 valence electrons. The molecule has 0 aliphatic carbocycles. The molecular formula is C31H39FN8O4Si. The van der Waals surface area contributed by atoms with Crippen LogP contribution >= 0.6 is 0 Å². The Morgan fingerprint density at radius 1 is 1.24 bits per heavy atom. The number of carbonyl (C=O) groups is 1. The van der Waals surface area contributed by atoms with E-state index in [0.717, 1.165) is 6.04 Å². The summed E-state index contributed by atoms with van der Waals surface area (Å²) < 4.78 is 61.9. The highest BCUT2D eigenvalue weighted by molar-refractivity contribution is 6.76. The molecule has 45 heavy (non-hydrogen) atoms. The molecule has 0 spiro atoms. The fraction of sp³-hybridized carbons (Fsp3) is 0.484. The highest BCUT2D eigenvalue weighted by Crippen LogP contribution is 2.42. The minimum Gasteiger partial charge on any atom is -0.464 e. The standard InChI is InChI=1S/C31H39FN8O4Si/c1-19-27(38(2)37-35-19)21-16-23-25(34-17-21)29-30(26(31(41)42-3)36-39(29)18-44-14-15-45(4,5)6)40(23)28(20-9-12-43-13-10-20)24-22(32)8-7-11-33-24/h7-8,11,16-17,20,28H,9-10,12-15,18H2,1-6H3/t28-/m0/s1/i1D3. The lowest BCUT2D eigenvalue weighted by Crippen LogP contribution is -2.28. The molecule has 0 aromatic carbocycles. The summed E-state index contributed by atoms with van der Waals surface area (Å²) in [5.74, 6) is -1.34. The largest absolute Gasteiger partial charge is 0.464 e. The zero-order chi connectivity index (χ0) is 34.4. The zero-order valence-corrected chi connectivity index (χ0v) is 27.1. The Hall–Kier alpha value is -4.01. The van der Waals surface area contributed by atoms with E-state index in [1.165, 1.54) is 30.1 Å². The van der Waals surface area contributed by atoms with Crippen molar-refractivity contribution in [1.29, 1.82) is 0 Å². The van der Waals surface area contributed by atoms with Crippen LogP contribution < -0.4 is 0 Å². The van der Waals surface area contributed by atoms with Crippen LogP contribution in [0.15, 0.2) is 30.6 Å². The Balaban J connectivity index is 1.67. The first-order valence-corrected chi connectivity index (χ1v) is 18.7. The summed E-state index contributed by atoms with van der Waals surface area (Å²) in [7, 11) is 1.50. The number of carbonyl (C=O) groups excluding carboxylic acids is 1. The molecule has 0 unspecified atom stereocenters. The van der Waals surface area contributed by atoms with E-state index in [1.807, 2.05) is 4.57 Å². The summed E-state index contributed by atoms with van der Waals surface area (Å²) in [4.78, 5) is 22.8. The van der Waals surface area contributed by atoms with Gasteiger partial charge in [-0.15, -0.1) is 5.10 Å². The van der Waals surface area contributed by atoms with Gasteiger partial charge in [-0.05, 0) is 49.9 Å². The summed E-state index contributed by atoms with van der Waals surface area (Å²) in [6, 6.07) is 4.89.